The highest BCUT2D eigenvalue weighted by atomic mass is 15.2. The summed E-state index contributed by atoms with van der Waals surface area (Å²) in [6.07, 6.45) is 8.36. The van der Waals surface area contributed by atoms with Gasteiger partial charge in [-0.25, -0.2) is 4.98 Å². The van der Waals surface area contributed by atoms with Crippen LogP contribution in [0.2, 0.25) is 0 Å². The highest BCUT2D eigenvalue weighted by molar-refractivity contribution is 5.43. The number of nitrogens with two attached hydrogens (primary N) is 1. The van der Waals surface area contributed by atoms with Crippen molar-refractivity contribution in [3.8, 4) is 0 Å². The molecule has 100 valence electrons. The van der Waals surface area contributed by atoms with E-state index in [1.165, 1.54) is 37.7 Å². The summed E-state index contributed by atoms with van der Waals surface area (Å²) in [5.74, 6) is 1.11. The van der Waals surface area contributed by atoms with Gasteiger partial charge in [0.1, 0.15) is 5.82 Å². The van der Waals surface area contributed by atoms with Crippen molar-refractivity contribution in [2.45, 2.75) is 58.0 Å². The Hall–Kier alpha value is -1.09. The lowest BCUT2D eigenvalue weighted by atomic mass is 10.1. The van der Waals surface area contributed by atoms with Crippen LogP contribution in [0.15, 0.2) is 18.3 Å². The number of rotatable bonds is 3. The average molecular weight is 247 g/mol. The molecule has 1 aliphatic rings. The van der Waals surface area contributed by atoms with E-state index in [4.69, 9.17) is 5.73 Å². The second kappa shape index (κ2) is 6.19. The van der Waals surface area contributed by atoms with Crippen LogP contribution in [0.3, 0.4) is 0 Å². The van der Waals surface area contributed by atoms with Crippen molar-refractivity contribution in [2.24, 2.45) is 5.73 Å². The van der Waals surface area contributed by atoms with Crippen molar-refractivity contribution in [3.05, 3.63) is 23.9 Å². The average Bonchev–Trinajstić information content (AvgIpc) is 2.63. The van der Waals surface area contributed by atoms with Crippen molar-refractivity contribution >= 4 is 5.82 Å². The summed E-state index contributed by atoms with van der Waals surface area (Å²) >= 11 is 0. The van der Waals surface area contributed by atoms with E-state index in [1.807, 2.05) is 19.2 Å². The highest BCUT2D eigenvalue weighted by Crippen LogP contribution is 2.25. The predicted octanol–water partition coefficient (Wildman–Crippen LogP) is 3.26. The molecular weight excluding hydrogens is 222 g/mol. The molecule has 18 heavy (non-hydrogen) atoms. The second-order valence-corrected chi connectivity index (χ2v) is 5.34. The number of pyridine rings is 1. The van der Waals surface area contributed by atoms with Gasteiger partial charge in [0.05, 0.1) is 0 Å². The number of aromatic nitrogens is 1. The normalized spacial score (nSPS) is 22.6. The topological polar surface area (TPSA) is 42.1 Å². The Morgan fingerprint density at radius 2 is 2.28 bits per heavy atom. The summed E-state index contributed by atoms with van der Waals surface area (Å²) in [5.41, 5.74) is 7.14. The molecule has 1 aliphatic heterocycles. The van der Waals surface area contributed by atoms with Gasteiger partial charge in [0.25, 0.3) is 0 Å². The third kappa shape index (κ3) is 3.02. The van der Waals surface area contributed by atoms with E-state index < -0.39 is 0 Å². The van der Waals surface area contributed by atoms with Crippen molar-refractivity contribution in [2.75, 3.05) is 11.4 Å². The third-order valence-electron chi connectivity index (χ3n) is 3.94. The molecule has 0 aliphatic carbocycles. The van der Waals surface area contributed by atoms with Crippen molar-refractivity contribution in [1.29, 1.82) is 0 Å². The summed E-state index contributed by atoms with van der Waals surface area (Å²) in [5, 5.41) is 0. The molecule has 0 bridgehead atoms. The summed E-state index contributed by atoms with van der Waals surface area (Å²) in [7, 11) is 0. The maximum absolute atomic E-state index is 5.96. The maximum atomic E-state index is 5.96. The SMILES string of the molecule is CCC1CCCCCN1c1cc([C@H](C)N)ccn1. The van der Waals surface area contributed by atoms with Crippen LogP contribution in [-0.2, 0) is 0 Å². The molecule has 2 atom stereocenters. The minimum Gasteiger partial charge on any atom is -0.354 e. The standard InChI is InChI=1S/C15H25N3/c1-3-14-7-5-4-6-10-18(14)15-11-13(12(2)16)8-9-17-15/h8-9,11-12,14H,3-7,10,16H2,1-2H3/t12-,14?/m0/s1. The van der Waals surface area contributed by atoms with E-state index in [9.17, 15) is 0 Å². The Morgan fingerprint density at radius 3 is 3.00 bits per heavy atom. The van der Waals surface area contributed by atoms with Crippen molar-refractivity contribution in [3.63, 3.8) is 0 Å². The first-order valence-corrected chi connectivity index (χ1v) is 7.20. The Kier molecular flexibility index (Phi) is 4.59. The molecule has 1 unspecified atom stereocenters. The molecule has 1 saturated heterocycles. The van der Waals surface area contributed by atoms with Crippen LogP contribution in [0, 0.1) is 0 Å². The molecule has 3 heteroatoms. The van der Waals surface area contributed by atoms with Gasteiger partial charge in [-0.3, -0.25) is 0 Å². The molecule has 1 aromatic rings. The molecule has 0 radical (unpaired) electrons. The van der Waals surface area contributed by atoms with Gasteiger partial charge >= 0.3 is 0 Å². The molecule has 0 saturated carbocycles. The van der Waals surface area contributed by atoms with Gasteiger partial charge in [0.15, 0.2) is 0 Å². The van der Waals surface area contributed by atoms with Crippen LogP contribution in [0.1, 0.15) is 57.6 Å². The fourth-order valence-corrected chi connectivity index (χ4v) is 2.78. The molecular formula is C15H25N3. The highest BCUT2D eigenvalue weighted by Gasteiger charge is 2.20. The van der Waals surface area contributed by atoms with E-state index in [1.54, 1.807) is 0 Å². The van der Waals surface area contributed by atoms with Crippen LogP contribution in [0.4, 0.5) is 5.82 Å². The first kappa shape index (κ1) is 13.3. The largest absolute Gasteiger partial charge is 0.354 e. The van der Waals surface area contributed by atoms with Gasteiger partial charge in [-0.1, -0.05) is 19.8 Å². The Labute approximate surface area is 110 Å². The molecule has 1 aromatic heterocycles. The Bertz CT molecular complexity index is 376. The molecule has 0 spiro atoms. The van der Waals surface area contributed by atoms with Crippen LogP contribution in [-0.4, -0.2) is 17.6 Å². The Morgan fingerprint density at radius 1 is 1.44 bits per heavy atom. The van der Waals surface area contributed by atoms with Crippen LogP contribution in [0.25, 0.3) is 0 Å². The predicted molar refractivity (Wildman–Crippen MR) is 76.7 cm³/mol. The van der Waals surface area contributed by atoms with Crippen LogP contribution >= 0.6 is 0 Å². The number of anilines is 1. The van der Waals surface area contributed by atoms with E-state index in [2.05, 4.69) is 22.9 Å². The van der Waals surface area contributed by atoms with Crippen molar-refractivity contribution < 1.29 is 0 Å². The summed E-state index contributed by atoms with van der Waals surface area (Å²) in [4.78, 5) is 7.04. The lowest BCUT2D eigenvalue weighted by Gasteiger charge is -2.30. The lowest BCUT2D eigenvalue weighted by Crippen LogP contribution is -2.35. The quantitative estimate of drug-likeness (QED) is 0.891. The molecule has 0 aromatic carbocycles. The third-order valence-corrected chi connectivity index (χ3v) is 3.94. The van der Waals surface area contributed by atoms with E-state index >= 15 is 0 Å². The van der Waals surface area contributed by atoms with E-state index in [0.29, 0.717) is 6.04 Å². The molecule has 1 fully saturated rings. The molecule has 2 heterocycles. The second-order valence-electron chi connectivity index (χ2n) is 5.34. The summed E-state index contributed by atoms with van der Waals surface area (Å²) < 4.78 is 0. The van der Waals surface area contributed by atoms with Gasteiger partial charge in [-0.05, 0) is 43.9 Å². The van der Waals surface area contributed by atoms with E-state index in [-0.39, 0.29) is 6.04 Å². The minimum absolute atomic E-state index is 0.0822. The van der Waals surface area contributed by atoms with Gasteiger partial charge in [0, 0.05) is 24.8 Å². The number of hydrogen-bond donors (Lipinski definition) is 1. The van der Waals surface area contributed by atoms with Crippen LogP contribution < -0.4 is 10.6 Å². The zero-order valence-corrected chi connectivity index (χ0v) is 11.6. The zero-order chi connectivity index (χ0) is 13.0. The smallest absolute Gasteiger partial charge is 0.129 e. The van der Waals surface area contributed by atoms with Gasteiger partial charge in [-0.2, -0.15) is 0 Å². The minimum atomic E-state index is 0.0822. The summed E-state index contributed by atoms with van der Waals surface area (Å²) in [6.45, 7) is 5.44. The molecule has 0 amide bonds. The van der Waals surface area contributed by atoms with Gasteiger partial charge < -0.3 is 10.6 Å². The maximum Gasteiger partial charge on any atom is 0.129 e. The van der Waals surface area contributed by atoms with E-state index in [0.717, 1.165) is 12.4 Å². The van der Waals surface area contributed by atoms with Crippen LogP contribution in [0.5, 0.6) is 0 Å². The van der Waals surface area contributed by atoms with Crippen molar-refractivity contribution in [1.82, 2.24) is 4.98 Å². The number of hydrogen-bond acceptors (Lipinski definition) is 3. The first-order valence-electron chi connectivity index (χ1n) is 7.20. The lowest BCUT2D eigenvalue weighted by molar-refractivity contribution is 0.552. The monoisotopic (exact) mass is 247 g/mol. The Balaban J connectivity index is 2.24. The molecule has 2 rings (SSSR count). The fraction of sp³-hybridized carbons (Fsp3) is 0.667. The van der Waals surface area contributed by atoms with Gasteiger partial charge in [0.2, 0.25) is 0 Å². The number of nitrogens with zero attached hydrogens (tertiary/aromatic N) is 2. The zero-order valence-electron chi connectivity index (χ0n) is 11.6. The molecule has 2 N–H and O–H groups in total. The molecule has 3 nitrogen and oxygen atoms in total. The first-order chi connectivity index (χ1) is 8.72. The summed E-state index contributed by atoms with van der Waals surface area (Å²) in [6, 6.07) is 4.91. The fourth-order valence-electron chi connectivity index (χ4n) is 2.78. The van der Waals surface area contributed by atoms with Gasteiger partial charge in [-0.15, -0.1) is 0 Å².